The third kappa shape index (κ3) is 4.68. The number of benzene rings is 2. The lowest BCUT2D eigenvalue weighted by molar-refractivity contribution is -0.117. The van der Waals surface area contributed by atoms with Crippen molar-refractivity contribution in [1.82, 2.24) is 0 Å². The van der Waals surface area contributed by atoms with E-state index in [0.29, 0.717) is 6.42 Å². The molecular weight excluding hydrogens is 288 g/mol. The lowest BCUT2D eigenvalue weighted by Gasteiger charge is -2.16. The summed E-state index contributed by atoms with van der Waals surface area (Å²) in [7, 11) is 1.72. The van der Waals surface area contributed by atoms with Gasteiger partial charge in [0.05, 0.1) is 0 Å². The van der Waals surface area contributed by atoms with E-state index in [-0.39, 0.29) is 17.7 Å². The van der Waals surface area contributed by atoms with Gasteiger partial charge >= 0.3 is 0 Å². The van der Waals surface area contributed by atoms with Gasteiger partial charge in [-0.1, -0.05) is 37.3 Å². The van der Waals surface area contributed by atoms with Crippen molar-refractivity contribution in [2.24, 2.45) is 0 Å². The number of nitrogens with one attached hydrogen (secondary N) is 1. The standard InChI is InChI=1S/C19H22N2O2/c1-14(16-7-5-4-6-8-16)13-19(23)20-17-9-11-18(12-10-17)21(3)15(2)22/h4-12,14H,13H2,1-3H3,(H,20,23). The molecular formula is C19H22N2O2. The molecule has 1 N–H and O–H groups in total. The number of hydrogen-bond acceptors (Lipinski definition) is 2. The van der Waals surface area contributed by atoms with Gasteiger partial charge in [-0.05, 0) is 35.7 Å². The topological polar surface area (TPSA) is 49.4 Å². The van der Waals surface area contributed by atoms with Gasteiger partial charge in [-0.2, -0.15) is 0 Å². The zero-order valence-electron chi connectivity index (χ0n) is 13.7. The molecule has 0 aliphatic rings. The van der Waals surface area contributed by atoms with Crippen LogP contribution in [0.5, 0.6) is 0 Å². The van der Waals surface area contributed by atoms with Crippen LogP contribution in [0.2, 0.25) is 0 Å². The molecule has 0 spiro atoms. The van der Waals surface area contributed by atoms with Gasteiger partial charge in [0.15, 0.2) is 0 Å². The second-order valence-electron chi connectivity index (χ2n) is 5.69. The maximum Gasteiger partial charge on any atom is 0.224 e. The number of amides is 2. The van der Waals surface area contributed by atoms with Crippen LogP contribution in [-0.4, -0.2) is 18.9 Å². The fraction of sp³-hybridized carbons (Fsp3) is 0.263. The SMILES string of the molecule is CC(=O)N(C)c1ccc(NC(=O)CC(C)c2ccccc2)cc1. The molecule has 4 nitrogen and oxygen atoms in total. The summed E-state index contributed by atoms with van der Waals surface area (Å²) < 4.78 is 0. The molecule has 2 aromatic carbocycles. The van der Waals surface area contributed by atoms with Crippen molar-refractivity contribution in [3.63, 3.8) is 0 Å². The second-order valence-corrected chi connectivity index (χ2v) is 5.69. The van der Waals surface area contributed by atoms with Crippen LogP contribution in [0.4, 0.5) is 11.4 Å². The van der Waals surface area contributed by atoms with E-state index in [4.69, 9.17) is 0 Å². The van der Waals surface area contributed by atoms with Crippen LogP contribution in [0.25, 0.3) is 0 Å². The highest BCUT2D eigenvalue weighted by molar-refractivity contribution is 5.93. The van der Waals surface area contributed by atoms with Gasteiger partial charge < -0.3 is 10.2 Å². The van der Waals surface area contributed by atoms with Gasteiger partial charge in [0, 0.05) is 31.8 Å². The van der Waals surface area contributed by atoms with E-state index >= 15 is 0 Å². The van der Waals surface area contributed by atoms with E-state index in [9.17, 15) is 9.59 Å². The summed E-state index contributed by atoms with van der Waals surface area (Å²) in [4.78, 5) is 25.0. The first-order valence-corrected chi connectivity index (χ1v) is 7.66. The lowest BCUT2D eigenvalue weighted by atomic mass is 9.97. The molecule has 0 heterocycles. The van der Waals surface area contributed by atoms with Gasteiger partial charge in [0.2, 0.25) is 11.8 Å². The molecule has 120 valence electrons. The molecule has 4 heteroatoms. The molecule has 0 fully saturated rings. The first-order chi connectivity index (χ1) is 11.0. The van der Waals surface area contributed by atoms with E-state index in [0.717, 1.165) is 16.9 Å². The van der Waals surface area contributed by atoms with E-state index in [2.05, 4.69) is 5.32 Å². The maximum absolute atomic E-state index is 12.1. The normalized spacial score (nSPS) is 11.6. The minimum Gasteiger partial charge on any atom is -0.326 e. The quantitative estimate of drug-likeness (QED) is 0.913. The zero-order chi connectivity index (χ0) is 16.8. The van der Waals surface area contributed by atoms with Crippen LogP contribution in [-0.2, 0) is 9.59 Å². The van der Waals surface area contributed by atoms with Crippen LogP contribution in [0.15, 0.2) is 54.6 Å². The fourth-order valence-electron chi connectivity index (χ4n) is 2.34. The van der Waals surface area contributed by atoms with E-state index < -0.39 is 0 Å². The molecule has 2 aromatic rings. The zero-order valence-corrected chi connectivity index (χ0v) is 13.7. The Balaban J connectivity index is 1.94. The number of anilines is 2. The highest BCUT2D eigenvalue weighted by Crippen LogP contribution is 2.21. The third-order valence-electron chi connectivity index (χ3n) is 3.87. The Morgan fingerprint density at radius 2 is 1.65 bits per heavy atom. The molecule has 0 saturated carbocycles. The van der Waals surface area contributed by atoms with Crippen molar-refractivity contribution in [1.29, 1.82) is 0 Å². The first-order valence-electron chi connectivity index (χ1n) is 7.66. The average Bonchev–Trinajstić information content (AvgIpc) is 2.55. The van der Waals surface area contributed by atoms with Crippen molar-refractivity contribution in [3.8, 4) is 0 Å². The monoisotopic (exact) mass is 310 g/mol. The summed E-state index contributed by atoms with van der Waals surface area (Å²) in [6.07, 6.45) is 0.430. The predicted octanol–water partition coefficient (Wildman–Crippen LogP) is 3.80. The molecule has 0 aliphatic heterocycles. The minimum absolute atomic E-state index is 0.0194. The van der Waals surface area contributed by atoms with Crippen molar-refractivity contribution in [2.45, 2.75) is 26.2 Å². The van der Waals surface area contributed by atoms with E-state index in [1.165, 1.54) is 6.92 Å². The molecule has 23 heavy (non-hydrogen) atoms. The highest BCUT2D eigenvalue weighted by atomic mass is 16.2. The summed E-state index contributed by atoms with van der Waals surface area (Å²) >= 11 is 0. The predicted molar refractivity (Wildman–Crippen MR) is 93.6 cm³/mol. The summed E-state index contributed by atoms with van der Waals surface area (Å²) in [5.41, 5.74) is 2.69. The Labute approximate surface area is 137 Å². The Hall–Kier alpha value is -2.62. The molecule has 1 atom stereocenters. The van der Waals surface area contributed by atoms with Crippen molar-refractivity contribution < 1.29 is 9.59 Å². The molecule has 0 saturated heterocycles. The molecule has 0 radical (unpaired) electrons. The van der Waals surface area contributed by atoms with Gasteiger partial charge in [0.1, 0.15) is 0 Å². The second kappa shape index (κ2) is 7.58. The maximum atomic E-state index is 12.1. The van der Waals surface area contributed by atoms with Gasteiger partial charge in [-0.15, -0.1) is 0 Å². The fourth-order valence-corrected chi connectivity index (χ4v) is 2.34. The largest absolute Gasteiger partial charge is 0.326 e. The third-order valence-corrected chi connectivity index (χ3v) is 3.87. The van der Waals surface area contributed by atoms with E-state index in [1.54, 1.807) is 24.1 Å². The lowest BCUT2D eigenvalue weighted by Crippen LogP contribution is -2.22. The Morgan fingerprint density at radius 3 is 2.22 bits per heavy atom. The molecule has 2 rings (SSSR count). The smallest absolute Gasteiger partial charge is 0.224 e. The van der Waals surface area contributed by atoms with Crippen molar-refractivity contribution >= 4 is 23.2 Å². The number of rotatable bonds is 5. The van der Waals surface area contributed by atoms with E-state index in [1.807, 2.05) is 49.4 Å². The number of hydrogen-bond donors (Lipinski definition) is 1. The average molecular weight is 310 g/mol. The van der Waals surface area contributed by atoms with Gasteiger partial charge in [-0.25, -0.2) is 0 Å². The summed E-state index contributed by atoms with van der Waals surface area (Å²) in [6.45, 7) is 3.56. The Morgan fingerprint density at radius 1 is 1.04 bits per heavy atom. The van der Waals surface area contributed by atoms with Crippen LogP contribution in [0.3, 0.4) is 0 Å². The summed E-state index contributed by atoms with van der Waals surface area (Å²) in [6, 6.07) is 17.2. The number of carbonyl (C=O) groups is 2. The number of nitrogens with zero attached hydrogens (tertiary/aromatic N) is 1. The molecule has 0 aliphatic carbocycles. The number of carbonyl (C=O) groups excluding carboxylic acids is 2. The summed E-state index contributed by atoms with van der Waals surface area (Å²) in [5, 5.41) is 2.90. The Kier molecular flexibility index (Phi) is 5.52. The van der Waals surface area contributed by atoms with Crippen molar-refractivity contribution in [3.05, 3.63) is 60.2 Å². The van der Waals surface area contributed by atoms with Crippen molar-refractivity contribution in [2.75, 3.05) is 17.3 Å². The first kappa shape index (κ1) is 16.7. The minimum atomic E-state index is -0.0292. The van der Waals surface area contributed by atoms with Gasteiger partial charge in [0.25, 0.3) is 0 Å². The molecule has 1 unspecified atom stereocenters. The van der Waals surface area contributed by atoms with Gasteiger partial charge in [-0.3, -0.25) is 9.59 Å². The van der Waals surface area contributed by atoms with Crippen LogP contribution < -0.4 is 10.2 Å². The van der Waals surface area contributed by atoms with Crippen LogP contribution in [0, 0.1) is 0 Å². The highest BCUT2D eigenvalue weighted by Gasteiger charge is 2.11. The summed E-state index contributed by atoms with van der Waals surface area (Å²) in [5.74, 6) is 0.117. The van der Waals surface area contributed by atoms with Crippen LogP contribution >= 0.6 is 0 Å². The molecule has 2 amide bonds. The van der Waals surface area contributed by atoms with Crippen LogP contribution in [0.1, 0.15) is 31.7 Å². The molecule has 0 aromatic heterocycles. The molecule has 0 bridgehead atoms. The Bertz CT molecular complexity index is 666.